The van der Waals surface area contributed by atoms with Gasteiger partial charge in [0.25, 0.3) is 5.91 Å². The van der Waals surface area contributed by atoms with Crippen molar-refractivity contribution in [3.05, 3.63) is 64.7 Å². The van der Waals surface area contributed by atoms with Crippen molar-refractivity contribution >= 4 is 17.5 Å². The number of carbonyl (C=O) groups excluding carboxylic acids is 1. The van der Waals surface area contributed by atoms with E-state index in [4.69, 9.17) is 16.3 Å². The zero-order chi connectivity index (χ0) is 21.1. The van der Waals surface area contributed by atoms with Crippen LogP contribution in [0.25, 0.3) is 0 Å². The van der Waals surface area contributed by atoms with Gasteiger partial charge in [-0.2, -0.15) is 0 Å². The second-order valence-corrected chi connectivity index (χ2v) is 8.76. The molecule has 1 fully saturated rings. The van der Waals surface area contributed by atoms with Crippen molar-refractivity contribution in [2.24, 2.45) is 0 Å². The van der Waals surface area contributed by atoms with Crippen LogP contribution < -0.4 is 4.74 Å². The van der Waals surface area contributed by atoms with Gasteiger partial charge in [-0.1, -0.05) is 41.9 Å². The predicted molar refractivity (Wildman–Crippen MR) is 118 cm³/mol. The topological polar surface area (TPSA) is 53.0 Å². The lowest BCUT2D eigenvalue weighted by Gasteiger charge is -2.34. The highest BCUT2D eigenvalue weighted by atomic mass is 35.5. The highest BCUT2D eigenvalue weighted by molar-refractivity contribution is 6.30. The van der Waals surface area contributed by atoms with Crippen molar-refractivity contribution in [2.75, 3.05) is 26.7 Å². The van der Waals surface area contributed by atoms with Gasteiger partial charge in [-0.15, -0.1) is 0 Å². The van der Waals surface area contributed by atoms with Crippen LogP contribution in [0.15, 0.2) is 48.5 Å². The summed E-state index contributed by atoms with van der Waals surface area (Å²) < 4.78 is 6.16. The molecule has 2 aliphatic rings. The van der Waals surface area contributed by atoms with Crippen LogP contribution >= 0.6 is 11.6 Å². The zero-order valence-electron chi connectivity index (χ0n) is 17.3. The van der Waals surface area contributed by atoms with Crippen LogP contribution in [0.1, 0.15) is 36.4 Å². The van der Waals surface area contributed by atoms with Crippen LogP contribution in [0.3, 0.4) is 0 Å². The van der Waals surface area contributed by atoms with Crippen molar-refractivity contribution in [3.8, 4) is 5.75 Å². The molecule has 3 atom stereocenters. The normalized spacial score (nSPS) is 22.6. The summed E-state index contributed by atoms with van der Waals surface area (Å²) in [6.45, 7) is 2.20. The molecule has 0 spiro atoms. The number of aliphatic hydroxyl groups is 1. The molecule has 0 saturated carbocycles. The lowest BCUT2D eigenvalue weighted by Crippen LogP contribution is -2.45. The summed E-state index contributed by atoms with van der Waals surface area (Å²) in [5, 5.41) is 10.6. The van der Waals surface area contributed by atoms with E-state index in [1.807, 2.05) is 48.3 Å². The third kappa shape index (κ3) is 4.80. The molecule has 30 heavy (non-hydrogen) atoms. The van der Waals surface area contributed by atoms with E-state index >= 15 is 0 Å². The number of rotatable bonds is 5. The fourth-order valence-corrected chi connectivity index (χ4v) is 4.65. The van der Waals surface area contributed by atoms with E-state index in [0.29, 0.717) is 24.5 Å². The Morgan fingerprint density at radius 1 is 1.27 bits per heavy atom. The molecule has 1 N–H and O–H groups in total. The Kier molecular flexibility index (Phi) is 6.61. The Hall–Kier alpha value is -2.08. The number of fused-ring (bicyclic) bond motifs is 1. The molecule has 6 heteroatoms. The number of halogens is 1. The van der Waals surface area contributed by atoms with Crippen molar-refractivity contribution in [1.29, 1.82) is 0 Å². The molecule has 1 unspecified atom stereocenters. The lowest BCUT2D eigenvalue weighted by molar-refractivity contribution is -0.140. The molecule has 4 rings (SSSR count). The van der Waals surface area contributed by atoms with Crippen molar-refractivity contribution in [2.45, 2.75) is 43.9 Å². The van der Waals surface area contributed by atoms with Gasteiger partial charge in [-0.25, -0.2) is 0 Å². The second-order valence-electron chi connectivity index (χ2n) is 8.33. The molecule has 2 aromatic carbocycles. The minimum Gasteiger partial charge on any atom is -0.480 e. The van der Waals surface area contributed by atoms with E-state index in [2.05, 4.69) is 17.0 Å². The number of hydrogen-bond acceptors (Lipinski definition) is 4. The molecule has 2 aliphatic heterocycles. The average Bonchev–Trinajstić information content (AvgIpc) is 3.05. The SMILES string of the molecule is CN(C(=O)C1CCCc2cc(Cl)ccc2O1)[C@H](CN1CC[C@H](O)C1)c1ccccc1. The fourth-order valence-electron chi connectivity index (χ4n) is 4.45. The number of ether oxygens (including phenoxy) is 1. The van der Waals surface area contributed by atoms with Crippen LogP contribution in [0.2, 0.25) is 5.02 Å². The Morgan fingerprint density at radius 2 is 2.07 bits per heavy atom. The molecule has 0 aliphatic carbocycles. The first-order chi connectivity index (χ1) is 14.5. The quantitative estimate of drug-likeness (QED) is 0.789. The number of amides is 1. The first kappa shape index (κ1) is 21.2. The van der Waals surface area contributed by atoms with Crippen LogP contribution in [-0.2, 0) is 11.2 Å². The number of hydrogen-bond donors (Lipinski definition) is 1. The largest absolute Gasteiger partial charge is 0.480 e. The minimum absolute atomic E-state index is 0.00796. The van der Waals surface area contributed by atoms with Crippen molar-refractivity contribution in [3.63, 3.8) is 0 Å². The van der Waals surface area contributed by atoms with Gasteiger partial charge < -0.3 is 14.7 Å². The molecule has 1 saturated heterocycles. The van der Waals surface area contributed by atoms with E-state index in [-0.39, 0.29) is 18.1 Å². The predicted octanol–water partition coefficient (Wildman–Crippen LogP) is 3.69. The Labute approximate surface area is 183 Å². The third-order valence-electron chi connectivity index (χ3n) is 6.16. The number of likely N-dealkylation sites (tertiary alicyclic amines) is 1. The first-order valence-electron chi connectivity index (χ1n) is 10.7. The monoisotopic (exact) mass is 428 g/mol. The van der Waals surface area contributed by atoms with E-state index in [0.717, 1.165) is 42.7 Å². The van der Waals surface area contributed by atoms with Crippen molar-refractivity contribution < 1.29 is 14.6 Å². The average molecular weight is 429 g/mol. The maximum Gasteiger partial charge on any atom is 0.263 e. The lowest BCUT2D eigenvalue weighted by atomic mass is 10.0. The number of benzene rings is 2. The summed E-state index contributed by atoms with van der Waals surface area (Å²) in [6, 6.07) is 15.6. The first-order valence-corrected chi connectivity index (χ1v) is 11.1. The number of β-amino-alcohol motifs (C(OH)–C–C–N with tert-alkyl or cyclic N) is 1. The van der Waals surface area contributed by atoms with Gasteiger partial charge >= 0.3 is 0 Å². The highest BCUT2D eigenvalue weighted by Gasteiger charge is 2.33. The van der Waals surface area contributed by atoms with Crippen LogP contribution in [-0.4, -0.2) is 59.7 Å². The smallest absolute Gasteiger partial charge is 0.263 e. The summed E-state index contributed by atoms with van der Waals surface area (Å²) in [5.74, 6) is 0.744. The maximum absolute atomic E-state index is 13.5. The standard InChI is InChI=1S/C24H29ClN2O3/c1-26(21(17-6-3-2-4-7-17)16-27-13-12-20(28)15-27)24(29)23-9-5-8-18-14-19(25)10-11-22(18)30-23/h2-4,6-7,10-11,14,20-21,23,28H,5,8-9,12-13,15-16H2,1H3/t20-,21+,23?/m0/s1. The Bertz CT molecular complexity index is 876. The van der Waals surface area contributed by atoms with Crippen LogP contribution in [0.5, 0.6) is 5.75 Å². The molecule has 5 nitrogen and oxygen atoms in total. The fraction of sp³-hybridized carbons (Fsp3) is 0.458. The number of aliphatic hydroxyl groups excluding tert-OH is 1. The third-order valence-corrected chi connectivity index (χ3v) is 6.39. The van der Waals surface area contributed by atoms with Gasteiger partial charge in [-0.05, 0) is 55.0 Å². The summed E-state index contributed by atoms with van der Waals surface area (Å²) in [6.07, 6.45) is 2.41. The van der Waals surface area contributed by atoms with Gasteiger partial charge in [0.2, 0.25) is 0 Å². The van der Waals surface area contributed by atoms with Gasteiger partial charge in [0.1, 0.15) is 5.75 Å². The Morgan fingerprint density at radius 3 is 2.80 bits per heavy atom. The molecular weight excluding hydrogens is 400 g/mol. The summed E-state index contributed by atoms with van der Waals surface area (Å²) >= 11 is 6.13. The van der Waals surface area contributed by atoms with E-state index < -0.39 is 6.10 Å². The summed E-state index contributed by atoms with van der Waals surface area (Å²) in [7, 11) is 1.86. The van der Waals surface area contributed by atoms with Gasteiger partial charge in [0.15, 0.2) is 6.10 Å². The molecule has 2 aromatic rings. The number of carbonyl (C=O) groups is 1. The van der Waals surface area contributed by atoms with Gasteiger partial charge in [0.05, 0.1) is 12.1 Å². The molecule has 0 aromatic heterocycles. The van der Waals surface area contributed by atoms with Crippen LogP contribution in [0.4, 0.5) is 0 Å². The van der Waals surface area contributed by atoms with Crippen molar-refractivity contribution in [1.82, 2.24) is 9.80 Å². The molecular formula is C24H29ClN2O3. The van der Waals surface area contributed by atoms with E-state index in [9.17, 15) is 9.90 Å². The van der Waals surface area contributed by atoms with E-state index in [1.54, 1.807) is 0 Å². The number of nitrogens with zero attached hydrogens (tertiary/aromatic N) is 2. The molecule has 1 amide bonds. The molecule has 0 radical (unpaired) electrons. The summed E-state index contributed by atoms with van der Waals surface area (Å²) in [5.41, 5.74) is 2.15. The summed E-state index contributed by atoms with van der Waals surface area (Å²) in [4.78, 5) is 17.5. The Balaban J connectivity index is 1.53. The number of aryl methyl sites for hydroxylation is 1. The van der Waals surface area contributed by atoms with Gasteiger partial charge in [-0.3, -0.25) is 9.69 Å². The van der Waals surface area contributed by atoms with Gasteiger partial charge in [0, 0.05) is 31.7 Å². The zero-order valence-corrected chi connectivity index (χ0v) is 18.1. The number of likely N-dealkylation sites (N-methyl/N-ethyl adjacent to an activating group) is 1. The maximum atomic E-state index is 13.5. The molecule has 160 valence electrons. The minimum atomic E-state index is -0.507. The van der Waals surface area contributed by atoms with Crippen LogP contribution in [0, 0.1) is 0 Å². The molecule has 0 bridgehead atoms. The highest BCUT2D eigenvalue weighted by Crippen LogP contribution is 2.31. The molecule has 2 heterocycles. The van der Waals surface area contributed by atoms with E-state index in [1.165, 1.54) is 0 Å². The second kappa shape index (κ2) is 9.38.